The maximum atomic E-state index is 11.8. The molecule has 1 heterocycles. The van der Waals surface area contributed by atoms with E-state index in [4.69, 9.17) is 4.74 Å². The van der Waals surface area contributed by atoms with Gasteiger partial charge in [-0.1, -0.05) is 18.2 Å². The summed E-state index contributed by atoms with van der Waals surface area (Å²) in [4.78, 5) is 23.1. The van der Waals surface area contributed by atoms with Crippen molar-refractivity contribution in [1.82, 2.24) is 0 Å². The van der Waals surface area contributed by atoms with Gasteiger partial charge in [0.1, 0.15) is 0 Å². The zero-order chi connectivity index (χ0) is 15.2. The largest absolute Gasteiger partial charge is 0.487 e. The van der Waals surface area contributed by atoms with E-state index in [9.17, 15) is 14.9 Å². The number of para-hydroxylation sites is 1. The SMILES string of the molecule is Cc1cccc(OCCCC(=O)c2cccs2)c1[N+](=O)[O-]. The lowest BCUT2D eigenvalue weighted by molar-refractivity contribution is -0.386. The molecule has 0 bridgehead atoms. The van der Waals surface area contributed by atoms with Crippen LogP contribution in [0.25, 0.3) is 0 Å². The van der Waals surface area contributed by atoms with E-state index in [0.29, 0.717) is 18.4 Å². The lowest BCUT2D eigenvalue weighted by Gasteiger charge is -2.07. The topological polar surface area (TPSA) is 69.4 Å². The highest BCUT2D eigenvalue weighted by Crippen LogP contribution is 2.30. The van der Waals surface area contributed by atoms with Crippen LogP contribution in [0.5, 0.6) is 5.75 Å². The summed E-state index contributed by atoms with van der Waals surface area (Å²) in [5.41, 5.74) is 0.550. The van der Waals surface area contributed by atoms with E-state index in [1.54, 1.807) is 31.2 Å². The van der Waals surface area contributed by atoms with Crippen LogP contribution in [0.15, 0.2) is 35.7 Å². The molecule has 0 fully saturated rings. The number of carbonyl (C=O) groups is 1. The molecule has 110 valence electrons. The molecule has 21 heavy (non-hydrogen) atoms. The Labute approximate surface area is 126 Å². The number of thiophene rings is 1. The van der Waals surface area contributed by atoms with Crippen LogP contribution in [0.1, 0.15) is 28.1 Å². The first-order valence-electron chi connectivity index (χ1n) is 6.53. The van der Waals surface area contributed by atoms with E-state index in [0.717, 1.165) is 4.88 Å². The third-order valence-corrected chi connectivity index (χ3v) is 3.90. The van der Waals surface area contributed by atoms with Crippen molar-refractivity contribution in [1.29, 1.82) is 0 Å². The molecule has 5 nitrogen and oxygen atoms in total. The zero-order valence-corrected chi connectivity index (χ0v) is 12.4. The minimum absolute atomic E-state index is 0.0120. The van der Waals surface area contributed by atoms with Crippen LogP contribution in [-0.2, 0) is 0 Å². The van der Waals surface area contributed by atoms with Gasteiger partial charge in [-0.2, -0.15) is 0 Å². The number of rotatable bonds is 7. The Morgan fingerprint density at radius 2 is 2.14 bits per heavy atom. The van der Waals surface area contributed by atoms with E-state index in [1.807, 2.05) is 11.4 Å². The van der Waals surface area contributed by atoms with Crippen molar-refractivity contribution >= 4 is 22.8 Å². The normalized spacial score (nSPS) is 10.3. The first-order chi connectivity index (χ1) is 10.1. The third-order valence-electron chi connectivity index (χ3n) is 2.99. The molecule has 0 N–H and O–H groups in total. The molecular formula is C15H15NO4S. The van der Waals surface area contributed by atoms with E-state index in [1.165, 1.54) is 11.3 Å². The van der Waals surface area contributed by atoms with Gasteiger partial charge in [0.25, 0.3) is 0 Å². The summed E-state index contributed by atoms with van der Waals surface area (Å²) in [7, 11) is 0. The molecular weight excluding hydrogens is 290 g/mol. The highest BCUT2D eigenvalue weighted by Gasteiger charge is 2.18. The van der Waals surface area contributed by atoms with Crippen molar-refractivity contribution in [3.63, 3.8) is 0 Å². The Hall–Kier alpha value is -2.21. The molecule has 1 aromatic carbocycles. The van der Waals surface area contributed by atoms with Crippen molar-refractivity contribution in [2.75, 3.05) is 6.61 Å². The first-order valence-corrected chi connectivity index (χ1v) is 7.41. The molecule has 2 aromatic rings. The van der Waals surface area contributed by atoms with Crippen molar-refractivity contribution in [2.45, 2.75) is 19.8 Å². The van der Waals surface area contributed by atoms with Crippen LogP contribution < -0.4 is 4.74 Å². The molecule has 0 atom stereocenters. The first kappa shape index (κ1) is 15.2. The fourth-order valence-electron chi connectivity index (χ4n) is 1.96. The van der Waals surface area contributed by atoms with E-state index >= 15 is 0 Å². The Morgan fingerprint density at radius 3 is 2.81 bits per heavy atom. The second-order valence-electron chi connectivity index (χ2n) is 4.53. The Morgan fingerprint density at radius 1 is 1.33 bits per heavy atom. The van der Waals surface area contributed by atoms with Crippen LogP contribution in [-0.4, -0.2) is 17.3 Å². The Kier molecular flexibility index (Phi) is 5.05. The van der Waals surface area contributed by atoms with Gasteiger partial charge in [-0.25, -0.2) is 0 Å². The highest BCUT2D eigenvalue weighted by atomic mass is 32.1. The second-order valence-corrected chi connectivity index (χ2v) is 5.48. The lowest BCUT2D eigenvalue weighted by Crippen LogP contribution is -2.04. The molecule has 0 aliphatic heterocycles. The Balaban J connectivity index is 1.88. The van der Waals surface area contributed by atoms with Gasteiger partial charge >= 0.3 is 5.69 Å². The molecule has 0 amide bonds. The number of aryl methyl sites for hydroxylation is 1. The molecule has 2 rings (SSSR count). The molecule has 0 saturated carbocycles. The van der Waals surface area contributed by atoms with Gasteiger partial charge in [-0.3, -0.25) is 14.9 Å². The molecule has 0 aliphatic rings. The maximum absolute atomic E-state index is 11.8. The van der Waals surface area contributed by atoms with Gasteiger partial charge in [-0.05, 0) is 30.9 Å². The van der Waals surface area contributed by atoms with Crippen LogP contribution in [0.2, 0.25) is 0 Å². The molecule has 0 radical (unpaired) electrons. The fourth-order valence-corrected chi connectivity index (χ4v) is 2.65. The number of ketones is 1. The lowest BCUT2D eigenvalue weighted by atomic mass is 10.2. The minimum atomic E-state index is -0.443. The van der Waals surface area contributed by atoms with Crippen molar-refractivity contribution < 1.29 is 14.5 Å². The summed E-state index contributed by atoms with van der Waals surface area (Å²) in [5.74, 6) is 0.330. The molecule has 6 heteroatoms. The Bertz CT molecular complexity index is 637. The number of nitro benzene ring substituents is 1. The van der Waals surface area contributed by atoms with Crippen LogP contribution in [0.4, 0.5) is 5.69 Å². The number of ether oxygens (including phenoxy) is 1. The van der Waals surface area contributed by atoms with Crippen molar-refractivity contribution in [3.8, 4) is 5.75 Å². The number of nitrogens with zero attached hydrogens (tertiary/aromatic N) is 1. The quantitative estimate of drug-likeness (QED) is 0.335. The van der Waals surface area contributed by atoms with Crippen molar-refractivity contribution in [2.24, 2.45) is 0 Å². The molecule has 0 aliphatic carbocycles. The number of Topliss-reactive ketones (excluding diaryl/α,β-unsaturated/α-hetero) is 1. The number of benzene rings is 1. The number of carbonyl (C=O) groups excluding carboxylic acids is 1. The number of nitro groups is 1. The molecule has 0 spiro atoms. The summed E-state index contributed by atoms with van der Waals surface area (Å²) in [6.45, 7) is 1.95. The summed E-state index contributed by atoms with van der Waals surface area (Å²) in [6, 6.07) is 8.59. The average Bonchev–Trinajstić information content (AvgIpc) is 2.97. The predicted molar refractivity (Wildman–Crippen MR) is 81.2 cm³/mol. The molecule has 0 saturated heterocycles. The van der Waals surface area contributed by atoms with Crippen molar-refractivity contribution in [3.05, 3.63) is 56.3 Å². The minimum Gasteiger partial charge on any atom is -0.487 e. The third kappa shape index (κ3) is 3.88. The summed E-state index contributed by atoms with van der Waals surface area (Å²) >= 11 is 1.41. The summed E-state index contributed by atoms with van der Waals surface area (Å²) < 4.78 is 5.46. The van der Waals surface area contributed by atoms with E-state index in [-0.39, 0.29) is 23.8 Å². The van der Waals surface area contributed by atoms with Crippen LogP contribution >= 0.6 is 11.3 Å². The van der Waals surface area contributed by atoms with Gasteiger partial charge in [0.05, 0.1) is 16.4 Å². The standard InChI is InChI=1S/C15H15NO4S/c1-11-5-2-7-13(15(11)16(18)19)20-9-3-6-12(17)14-8-4-10-21-14/h2,4-5,7-8,10H,3,6,9H2,1H3. The zero-order valence-electron chi connectivity index (χ0n) is 11.6. The monoisotopic (exact) mass is 305 g/mol. The smallest absolute Gasteiger partial charge is 0.313 e. The average molecular weight is 305 g/mol. The van der Waals surface area contributed by atoms with Gasteiger partial charge < -0.3 is 4.74 Å². The number of hydrogen-bond donors (Lipinski definition) is 0. The molecule has 1 aromatic heterocycles. The fraction of sp³-hybridized carbons (Fsp3) is 0.267. The van der Waals surface area contributed by atoms with E-state index < -0.39 is 4.92 Å². The van der Waals surface area contributed by atoms with E-state index in [2.05, 4.69) is 0 Å². The van der Waals surface area contributed by atoms with Crippen LogP contribution in [0.3, 0.4) is 0 Å². The maximum Gasteiger partial charge on any atom is 0.313 e. The molecule has 0 unspecified atom stereocenters. The van der Waals surface area contributed by atoms with Gasteiger partial charge in [0.2, 0.25) is 0 Å². The predicted octanol–water partition coefficient (Wildman–Crippen LogP) is 4.01. The van der Waals surface area contributed by atoms with Crippen LogP contribution in [0, 0.1) is 17.0 Å². The van der Waals surface area contributed by atoms with Gasteiger partial charge in [0, 0.05) is 12.0 Å². The summed E-state index contributed by atoms with van der Waals surface area (Å²) in [5, 5.41) is 12.9. The highest BCUT2D eigenvalue weighted by molar-refractivity contribution is 7.12. The van der Waals surface area contributed by atoms with Gasteiger partial charge in [0.15, 0.2) is 11.5 Å². The number of hydrogen-bond acceptors (Lipinski definition) is 5. The summed E-state index contributed by atoms with van der Waals surface area (Å²) in [6.07, 6.45) is 0.905. The second kappa shape index (κ2) is 6.99. The van der Waals surface area contributed by atoms with Gasteiger partial charge in [-0.15, -0.1) is 11.3 Å².